The lowest BCUT2D eigenvalue weighted by molar-refractivity contribution is -0.577. The molecule has 0 heterocycles. The highest BCUT2D eigenvalue weighted by atomic mass is 17.3. The summed E-state index contributed by atoms with van der Waals surface area (Å²) >= 11 is 0. The highest BCUT2D eigenvalue weighted by molar-refractivity contribution is 4.75. The molecule has 6 heteroatoms. The van der Waals surface area contributed by atoms with Crippen LogP contribution in [0, 0.1) is 0 Å². The van der Waals surface area contributed by atoms with Gasteiger partial charge in [0.05, 0.1) is 0 Å². The van der Waals surface area contributed by atoms with Gasteiger partial charge in [-0.3, -0.25) is 0 Å². The largest absolute Gasteiger partial charge is 0.249 e. The Morgan fingerprint density at radius 2 is 0.889 bits per heavy atom. The first-order valence-corrected chi connectivity index (χ1v) is 6.76. The predicted octanol–water partition coefficient (Wildman–Crippen LogP) is 3.23. The molecule has 2 fully saturated rings. The fraction of sp³-hybridized carbons (Fsp3) is 1.00. The van der Waals surface area contributed by atoms with Gasteiger partial charge in [-0.2, -0.15) is 9.78 Å². The molecule has 2 N–H and O–H groups in total. The highest BCUT2D eigenvalue weighted by Crippen LogP contribution is 2.37. The maximum absolute atomic E-state index is 9.02. The second-order valence-electron chi connectivity index (χ2n) is 5.29. The molecule has 2 saturated carbocycles. The van der Waals surface area contributed by atoms with Crippen molar-refractivity contribution in [2.75, 3.05) is 0 Å². The molecule has 0 bridgehead atoms. The van der Waals surface area contributed by atoms with Crippen LogP contribution in [0.25, 0.3) is 0 Å². The van der Waals surface area contributed by atoms with E-state index >= 15 is 0 Å². The van der Waals surface area contributed by atoms with Gasteiger partial charge in [-0.1, -0.05) is 12.8 Å². The third-order valence-corrected chi connectivity index (χ3v) is 3.91. The summed E-state index contributed by atoms with van der Waals surface area (Å²) in [6.45, 7) is 0. The van der Waals surface area contributed by atoms with Gasteiger partial charge in [0, 0.05) is 25.7 Å². The van der Waals surface area contributed by atoms with Crippen molar-refractivity contribution >= 4 is 0 Å². The highest BCUT2D eigenvalue weighted by Gasteiger charge is 2.42. The van der Waals surface area contributed by atoms with Gasteiger partial charge in [0.1, 0.15) is 0 Å². The first-order valence-electron chi connectivity index (χ1n) is 6.76. The minimum atomic E-state index is -1.11. The van der Waals surface area contributed by atoms with Gasteiger partial charge < -0.3 is 0 Å². The van der Waals surface area contributed by atoms with Crippen molar-refractivity contribution in [2.24, 2.45) is 0 Å². The van der Waals surface area contributed by atoms with Crippen LogP contribution in [0.5, 0.6) is 0 Å². The van der Waals surface area contributed by atoms with Gasteiger partial charge in [-0.05, 0) is 25.7 Å². The Hall–Kier alpha value is -0.240. The van der Waals surface area contributed by atoms with Crippen molar-refractivity contribution < 1.29 is 30.1 Å². The van der Waals surface area contributed by atoms with Crippen molar-refractivity contribution in [3.63, 3.8) is 0 Å². The van der Waals surface area contributed by atoms with Crippen molar-refractivity contribution in [1.29, 1.82) is 0 Å². The minimum absolute atomic E-state index is 0.574. The lowest BCUT2D eigenvalue weighted by Crippen LogP contribution is -2.44. The molecule has 0 radical (unpaired) electrons. The van der Waals surface area contributed by atoms with Gasteiger partial charge in [0.2, 0.25) is 11.6 Å². The Kier molecular flexibility index (Phi) is 4.94. The Bertz CT molecular complexity index is 219. The molecule has 0 spiro atoms. The SMILES string of the molecule is OOC1(OOC2(OO)CCCCC2)CCCCC1. The summed E-state index contributed by atoms with van der Waals surface area (Å²) in [5.41, 5.74) is 0. The molecule has 0 amide bonds. The molecule has 0 unspecified atom stereocenters. The average molecular weight is 262 g/mol. The van der Waals surface area contributed by atoms with E-state index in [-0.39, 0.29) is 0 Å². The molecule has 2 aliphatic rings. The van der Waals surface area contributed by atoms with Gasteiger partial charge in [0.15, 0.2) is 0 Å². The van der Waals surface area contributed by atoms with Crippen molar-refractivity contribution in [1.82, 2.24) is 0 Å². The summed E-state index contributed by atoms with van der Waals surface area (Å²) in [6, 6.07) is 0. The van der Waals surface area contributed by atoms with E-state index in [1.165, 1.54) is 0 Å². The van der Waals surface area contributed by atoms with Crippen LogP contribution < -0.4 is 0 Å². The Balaban J connectivity index is 1.91. The van der Waals surface area contributed by atoms with Crippen molar-refractivity contribution in [2.45, 2.75) is 75.8 Å². The molecule has 6 nitrogen and oxygen atoms in total. The second kappa shape index (κ2) is 6.27. The Labute approximate surface area is 107 Å². The summed E-state index contributed by atoms with van der Waals surface area (Å²) in [5.74, 6) is -2.22. The average Bonchev–Trinajstić information content (AvgIpc) is 2.47. The van der Waals surface area contributed by atoms with E-state index in [4.69, 9.17) is 20.3 Å². The van der Waals surface area contributed by atoms with Crippen LogP contribution in [0.15, 0.2) is 0 Å². The van der Waals surface area contributed by atoms with E-state index in [1.807, 2.05) is 0 Å². The summed E-state index contributed by atoms with van der Waals surface area (Å²) in [7, 11) is 0. The molecule has 106 valence electrons. The normalized spacial score (nSPS) is 27.0. The van der Waals surface area contributed by atoms with Gasteiger partial charge in [-0.15, -0.1) is 0 Å². The monoisotopic (exact) mass is 262 g/mol. The first-order chi connectivity index (χ1) is 8.74. The second-order valence-corrected chi connectivity index (χ2v) is 5.29. The minimum Gasteiger partial charge on any atom is -0.249 e. The number of hydrogen-bond acceptors (Lipinski definition) is 6. The third kappa shape index (κ3) is 3.20. The maximum atomic E-state index is 9.02. The summed E-state index contributed by atoms with van der Waals surface area (Å²) in [6.07, 6.45) is 8.14. The quantitative estimate of drug-likeness (QED) is 0.450. The zero-order chi connectivity index (χ0) is 12.9. The fourth-order valence-electron chi connectivity index (χ4n) is 2.71. The molecule has 2 rings (SSSR count). The van der Waals surface area contributed by atoms with Crippen molar-refractivity contribution in [3.8, 4) is 0 Å². The van der Waals surface area contributed by atoms with Gasteiger partial charge in [-0.25, -0.2) is 20.3 Å². The summed E-state index contributed by atoms with van der Waals surface area (Å²) < 4.78 is 0. The topological polar surface area (TPSA) is 77.4 Å². The first kappa shape index (κ1) is 14.2. The molecule has 2 aliphatic carbocycles. The van der Waals surface area contributed by atoms with Crippen LogP contribution in [0.3, 0.4) is 0 Å². The zero-order valence-corrected chi connectivity index (χ0v) is 10.6. The molecule has 0 saturated heterocycles. The molecule has 0 aliphatic heterocycles. The fourth-order valence-corrected chi connectivity index (χ4v) is 2.71. The smallest absolute Gasteiger partial charge is 0.233 e. The standard InChI is InChI=1S/C12H22O6/c13-15-11(7-3-1-4-8-11)17-18-12(16-14)9-5-2-6-10-12/h13-14H,1-10H2. The number of rotatable bonds is 5. The molecular weight excluding hydrogens is 240 g/mol. The molecule has 0 aromatic rings. The maximum Gasteiger partial charge on any atom is 0.233 e. The van der Waals surface area contributed by atoms with Crippen LogP contribution in [0.4, 0.5) is 0 Å². The molecule has 0 atom stereocenters. The van der Waals surface area contributed by atoms with E-state index < -0.39 is 11.6 Å². The Morgan fingerprint density at radius 1 is 0.556 bits per heavy atom. The van der Waals surface area contributed by atoms with Crippen LogP contribution in [-0.4, -0.2) is 22.1 Å². The number of hydrogen-bond donors (Lipinski definition) is 2. The Morgan fingerprint density at radius 3 is 1.17 bits per heavy atom. The van der Waals surface area contributed by atoms with E-state index in [1.54, 1.807) is 0 Å². The molecular formula is C12H22O6. The third-order valence-electron chi connectivity index (χ3n) is 3.91. The van der Waals surface area contributed by atoms with Crippen LogP contribution >= 0.6 is 0 Å². The molecule has 0 aromatic heterocycles. The molecule has 18 heavy (non-hydrogen) atoms. The van der Waals surface area contributed by atoms with Crippen LogP contribution in [-0.2, 0) is 19.6 Å². The lowest BCUT2D eigenvalue weighted by Gasteiger charge is -2.37. The van der Waals surface area contributed by atoms with E-state index in [9.17, 15) is 0 Å². The predicted molar refractivity (Wildman–Crippen MR) is 61.2 cm³/mol. The van der Waals surface area contributed by atoms with Gasteiger partial charge in [0.25, 0.3) is 0 Å². The van der Waals surface area contributed by atoms with Gasteiger partial charge >= 0.3 is 0 Å². The molecule has 0 aromatic carbocycles. The summed E-state index contributed by atoms with van der Waals surface area (Å²) in [4.78, 5) is 19.5. The summed E-state index contributed by atoms with van der Waals surface area (Å²) in [5, 5.41) is 18.0. The van der Waals surface area contributed by atoms with E-state index in [0.29, 0.717) is 25.7 Å². The lowest BCUT2D eigenvalue weighted by atomic mass is 9.94. The van der Waals surface area contributed by atoms with Crippen LogP contribution in [0.1, 0.15) is 64.2 Å². The van der Waals surface area contributed by atoms with E-state index in [2.05, 4.69) is 9.78 Å². The van der Waals surface area contributed by atoms with Crippen LogP contribution in [0.2, 0.25) is 0 Å². The van der Waals surface area contributed by atoms with Crippen molar-refractivity contribution in [3.05, 3.63) is 0 Å². The zero-order valence-electron chi connectivity index (χ0n) is 10.6. The van der Waals surface area contributed by atoms with E-state index in [0.717, 1.165) is 38.5 Å².